The maximum Gasteiger partial charge on any atom is 0.0262 e. The number of aryl methyl sites for hydroxylation is 2. The van der Waals surface area contributed by atoms with E-state index in [4.69, 9.17) is 5.84 Å². The van der Waals surface area contributed by atoms with Gasteiger partial charge in [0.1, 0.15) is 0 Å². The molecule has 0 saturated heterocycles. The van der Waals surface area contributed by atoms with E-state index in [0.29, 0.717) is 6.04 Å². The van der Waals surface area contributed by atoms with Gasteiger partial charge in [0.2, 0.25) is 0 Å². The molecule has 0 fully saturated rings. The number of nitrogens with one attached hydrogen (secondary N) is 1. The van der Waals surface area contributed by atoms with E-state index < -0.39 is 0 Å². The summed E-state index contributed by atoms with van der Waals surface area (Å²) in [6.07, 6.45) is 2.15. The van der Waals surface area contributed by atoms with Crippen molar-refractivity contribution in [3.8, 4) is 0 Å². The molecule has 0 spiro atoms. The highest BCUT2D eigenvalue weighted by molar-refractivity contribution is 5.22. The zero-order valence-electron chi connectivity index (χ0n) is 10.9. The zero-order chi connectivity index (χ0) is 12.2. The molecule has 0 bridgehead atoms. The highest BCUT2D eigenvalue weighted by atomic mass is 15.2. The molecule has 1 atom stereocenters. The molecule has 0 heterocycles. The van der Waals surface area contributed by atoms with Crippen LogP contribution in [-0.2, 0) is 6.42 Å². The summed E-state index contributed by atoms with van der Waals surface area (Å²) in [5.74, 6) is 5.60. The molecule has 1 rings (SSSR count). The average Bonchev–Trinajstić information content (AvgIpc) is 2.16. The summed E-state index contributed by atoms with van der Waals surface area (Å²) < 4.78 is 0. The van der Waals surface area contributed by atoms with Crippen LogP contribution in [0.15, 0.2) is 24.3 Å². The van der Waals surface area contributed by atoms with Crippen LogP contribution in [-0.4, -0.2) is 6.04 Å². The summed E-state index contributed by atoms with van der Waals surface area (Å²) in [4.78, 5) is 0. The van der Waals surface area contributed by atoms with Crippen LogP contribution in [0.3, 0.4) is 0 Å². The number of hydrogen-bond donors (Lipinski definition) is 2. The van der Waals surface area contributed by atoms with Crippen molar-refractivity contribution in [2.45, 2.75) is 46.6 Å². The van der Waals surface area contributed by atoms with E-state index in [-0.39, 0.29) is 5.41 Å². The van der Waals surface area contributed by atoms with Gasteiger partial charge in [-0.25, -0.2) is 0 Å². The molecule has 1 aromatic rings. The van der Waals surface area contributed by atoms with Gasteiger partial charge in [-0.3, -0.25) is 11.3 Å². The van der Waals surface area contributed by atoms with Gasteiger partial charge in [-0.2, -0.15) is 0 Å². The van der Waals surface area contributed by atoms with Crippen molar-refractivity contribution >= 4 is 0 Å². The maximum atomic E-state index is 5.60. The van der Waals surface area contributed by atoms with Gasteiger partial charge in [-0.05, 0) is 30.7 Å². The first kappa shape index (κ1) is 13.2. The predicted octanol–water partition coefficient (Wildman–Crippen LogP) is 2.81. The summed E-state index contributed by atoms with van der Waals surface area (Å²) >= 11 is 0. The molecule has 16 heavy (non-hydrogen) atoms. The number of benzene rings is 1. The summed E-state index contributed by atoms with van der Waals surface area (Å²) in [6.45, 7) is 8.78. The lowest BCUT2D eigenvalue weighted by Crippen LogP contribution is -2.44. The van der Waals surface area contributed by atoms with E-state index in [1.54, 1.807) is 0 Å². The Morgan fingerprint density at radius 2 is 2.00 bits per heavy atom. The molecule has 0 aliphatic carbocycles. The largest absolute Gasteiger partial charge is 0.271 e. The van der Waals surface area contributed by atoms with Crippen LogP contribution >= 0.6 is 0 Å². The van der Waals surface area contributed by atoms with E-state index >= 15 is 0 Å². The van der Waals surface area contributed by atoms with Crippen LogP contribution in [0.25, 0.3) is 0 Å². The fourth-order valence-electron chi connectivity index (χ4n) is 1.95. The van der Waals surface area contributed by atoms with Crippen molar-refractivity contribution < 1.29 is 0 Å². The minimum Gasteiger partial charge on any atom is -0.271 e. The van der Waals surface area contributed by atoms with Crippen molar-refractivity contribution in [3.63, 3.8) is 0 Å². The predicted molar refractivity (Wildman–Crippen MR) is 70.1 cm³/mol. The smallest absolute Gasteiger partial charge is 0.0262 e. The van der Waals surface area contributed by atoms with Gasteiger partial charge in [0.25, 0.3) is 0 Å². The third-order valence-corrected chi connectivity index (χ3v) is 3.05. The lowest BCUT2D eigenvalue weighted by molar-refractivity contribution is 0.257. The van der Waals surface area contributed by atoms with Crippen LogP contribution in [0.4, 0.5) is 0 Å². The molecule has 90 valence electrons. The molecule has 1 aromatic carbocycles. The molecule has 0 aromatic heterocycles. The van der Waals surface area contributed by atoms with Gasteiger partial charge >= 0.3 is 0 Å². The molecule has 2 nitrogen and oxygen atoms in total. The van der Waals surface area contributed by atoms with Crippen molar-refractivity contribution in [3.05, 3.63) is 35.4 Å². The Kier molecular flexibility index (Phi) is 4.51. The minimum absolute atomic E-state index is 0.207. The van der Waals surface area contributed by atoms with Gasteiger partial charge in [0, 0.05) is 6.04 Å². The van der Waals surface area contributed by atoms with Crippen LogP contribution in [0, 0.1) is 12.3 Å². The van der Waals surface area contributed by atoms with E-state index in [1.807, 2.05) is 0 Å². The van der Waals surface area contributed by atoms with Crippen molar-refractivity contribution in [1.82, 2.24) is 5.43 Å². The third-order valence-electron chi connectivity index (χ3n) is 3.05. The highest BCUT2D eigenvalue weighted by Crippen LogP contribution is 2.22. The molecular formula is C14H24N2. The first-order valence-corrected chi connectivity index (χ1v) is 5.95. The first-order valence-electron chi connectivity index (χ1n) is 5.95. The zero-order valence-corrected chi connectivity index (χ0v) is 10.9. The molecule has 0 saturated carbocycles. The number of hydrazine groups is 1. The number of rotatable bonds is 4. The summed E-state index contributed by atoms with van der Waals surface area (Å²) in [6, 6.07) is 9.03. The van der Waals surface area contributed by atoms with Crippen molar-refractivity contribution in [2.75, 3.05) is 0 Å². The van der Waals surface area contributed by atoms with Crippen molar-refractivity contribution in [2.24, 2.45) is 11.3 Å². The standard InChI is InChI=1S/C14H24N2/c1-11-6-5-7-12(10-11)8-9-13(16-15)14(2,3)4/h5-7,10,13,16H,8-9,15H2,1-4H3. The second kappa shape index (κ2) is 5.46. The Labute approximate surface area is 99.2 Å². The molecule has 0 amide bonds. The second-order valence-electron chi connectivity index (χ2n) is 5.61. The summed E-state index contributed by atoms with van der Waals surface area (Å²) in [5, 5.41) is 0. The third kappa shape index (κ3) is 3.95. The Hall–Kier alpha value is -0.860. The Bertz CT molecular complexity index is 326. The lowest BCUT2D eigenvalue weighted by Gasteiger charge is -2.30. The molecule has 2 heteroatoms. The molecule has 3 N–H and O–H groups in total. The normalized spacial score (nSPS) is 13.8. The molecule has 1 unspecified atom stereocenters. The minimum atomic E-state index is 0.207. The molecular weight excluding hydrogens is 196 g/mol. The summed E-state index contributed by atoms with van der Waals surface area (Å²) in [5.41, 5.74) is 5.85. The van der Waals surface area contributed by atoms with Crippen LogP contribution in [0.2, 0.25) is 0 Å². The number of hydrogen-bond acceptors (Lipinski definition) is 2. The monoisotopic (exact) mass is 220 g/mol. The van der Waals surface area contributed by atoms with Gasteiger partial charge < -0.3 is 0 Å². The molecule has 0 aliphatic heterocycles. The summed E-state index contributed by atoms with van der Waals surface area (Å²) in [7, 11) is 0. The Morgan fingerprint density at radius 3 is 2.50 bits per heavy atom. The van der Waals surface area contributed by atoms with Gasteiger partial charge in [-0.1, -0.05) is 50.6 Å². The van der Waals surface area contributed by atoms with Crippen LogP contribution < -0.4 is 11.3 Å². The number of nitrogens with two attached hydrogens (primary N) is 1. The Balaban J connectivity index is 2.56. The highest BCUT2D eigenvalue weighted by Gasteiger charge is 2.22. The SMILES string of the molecule is Cc1cccc(CCC(NN)C(C)(C)C)c1. The van der Waals surface area contributed by atoms with Crippen LogP contribution in [0.5, 0.6) is 0 Å². The first-order chi connectivity index (χ1) is 7.43. The fourth-order valence-corrected chi connectivity index (χ4v) is 1.95. The van der Waals surface area contributed by atoms with Crippen LogP contribution in [0.1, 0.15) is 38.3 Å². The average molecular weight is 220 g/mol. The lowest BCUT2D eigenvalue weighted by atomic mass is 9.84. The van der Waals surface area contributed by atoms with Gasteiger partial charge in [0.05, 0.1) is 0 Å². The van der Waals surface area contributed by atoms with E-state index in [9.17, 15) is 0 Å². The fraction of sp³-hybridized carbons (Fsp3) is 0.571. The van der Waals surface area contributed by atoms with E-state index in [2.05, 4.69) is 57.4 Å². The molecule has 0 aliphatic rings. The topological polar surface area (TPSA) is 38.0 Å². The quantitative estimate of drug-likeness (QED) is 0.605. The Morgan fingerprint density at radius 1 is 1.31 bits per heavy atom. The van der Waals surface area contributed by atoms with Gasteiger partial charge in [0.15, 0.2) is 0 Å². The molecule has 0 radical (unpaired) electrons. The van der Waals surface area contributed by atoms with Gasteiger partial charge in [-0.15, -0.1) is 0 Å². The maximum absolute atomic E-state index is 5.60. The van der Waals surface area contributed by atoms with E-state index in [0.717, 1.165) is 12.8 Å². The van der Waals surface area contributed by atoms with Crippen molar-refractivity contribution in [1.29, 1.82) is 0 Å². The second-order valence-corrected chi connectivity index (χ2v) is 5.61. The van der Waals surface area contributed by atoms with E-state index in [1.165, 1.54) is 11.1 Å².